The maximum absolute atomic E-state index is 13.1. The fraction of sp³-hybridized carbons (Fsp3) is 0.160. The first kappa shape index (κ1) is 23.7. The van der Waals surface area contributed by atoms with Crippen molar-refractivity contribution in [1.82, 2.24) is 5.01 Å². The number of hydrogen-bond acceptors (Lipinski definition) is 3. The Morgan fingerprint density at radius 1 is 0.909 bits per heavy atom. The Bertz CT molecular complexity index is 1180. The van der Waals surface area contributed by atoms with E-state index in [1.54, 1.807) is 24.3 Å². The minimum atomic E-state index is -0.234. The second-order valence-corrected chi connectivity index (χ2v) is 9.89. The van der Waals surface area contributed by atoms with Crippen molar-refractivity contribution < 1.29 is 9.59 Å². The molecule has 0 bridgehead atoms. The summed E-state index contributed by atoms with van der Waals surface area (Å²) >= 11 is 12.8. The third kappa shape index (κ3) is 6.10. The van der Waals surface area contributed by atoms with Crippen molar-refractivity contribution in [2.75, 3.05) is 5.32 Å². The lowest BCUT2D eigenvalue weighted by Gasteiger charge is -2.22. The molecule has 1 aliphatic rings. The van der Waals surface area contributed by atoms with Gasteiger partial charge in [-0.2, -0.15) is 5.10 Å². The maximum Gasteiger partial charge on any atom is 0.243 e. The van der Waals surface area contributed by atoms with E-state index in [-0.39, 0.29) is 30.7 Å². The summed E-state index contributed by atoms with van der Waals surface area (Å²) in [5.41, 5.74) is 3.44. The van der Waals surface area contributed by atoms with Gasteiger partial charge in [0.1, 0.15) is 0 Å². The average Bonchev–Trinajstić information content (AvgIpc) is 3.25. The molecule has 0 saturated heterocycles. The zero-order valence-electron chi connectivity index (χ0n) is 17.5. The van der Waals surface area contributed by atoms with Crippen molar-refractivity contribution in [2.24, 2.45) is 5.10 Å². The molecule has 0 aromatic heterocycles. The van der Waals surface area contributed by atoms with E-state index < -0.39 is 0 Å². The van der Waals surface area contributed by atoms with Crippen molar-refractivity contribution in [3.05, 3.63) is 97.9 Å². The van der Waals surface area contributed by atoms with Gasteiger partial charge in [-0.05, 0) is 59.7 Å². The lowest BCUT2D eigenvalue weighted by atomic mass is 9.98. The molecule has 0 aliphatic carbocycles. The standard InChI is InChI=1S/C25H20Br2ClN3O2/c26-18-5-1-16(2-6-18)22-15-23(17-3-7-19(27)8-4-17)31(30-22)25(33)14-13-24(32)29-21-11-9-20(28)10-12-21/h1-12,23H,13-15H2,(H,29,32)/t23-/m0/s1. The second-order valence-electron chi connectivity index (χ2n) is 7.62. The second kappa shape index (κ2) is 10.6. The van der Waals surface area contributed by atoms with Crippen molar-refractivity contribution in [1.29, 1.82) is 0 Å². The van der Waals surface area contributed by atoms with E-state index in [4.69, 9.17) is 11.6 Å². The van der Waals surface area contributed by atoms with Crippen LogP contribution in [0.25, 0.3) is 0 Å². The number of benzene rings is 3. The van der Waals surface area contributed by atoms with Gasteiger partial charge in [0, 0.05) is 38.9 Å². The van der Waals surface area contributed by atoms with Crippen LogP contribution in [0.3, 0.4) is 0 Å². The zero-order chi connectivity index (χ0) is 23.4. The molecule has 0 spiro atoms. The Morgan fingerprint density at radius 3 is 2.15 bits per heavy atom. The van der Waals surface area contributed by atoms with Crippen LogP contribution in [0.1, 0.15) is 36.4 Å². The number of carbonyl (C=O) groups excluding carboxylic acids is 2. The van der Waals surface area contributed by atoms with Crippen molar-refractivity contribution >= 4 is 66.7 Å². The summed E-state index contributed by atoms with van der Waals surface area (Å²) < 4.78 is 1.95. The molecule has 1 aliphatic heterocycles. The predicted molar refractivity (Wildman–Crippen MR) is 138 cm³/mol. The normalized spacial score (nSPS) is 15.3. The summed E-state index contributed by atoms with van der Waals surface area (Å²) in [7, 11) is 0. The highest BCUT2D eigenvalue weighted by atomic mass is 79.9. The molecule has 0 saturated carbocycles. The first-order valence-electron chi connectivity index (χ1n) is 10.4. The summed E-state index contributed by atoms with van der Waals surface area (Å²) in [6.45, 7) is 0. The largest absolute Gasteiger partial charge is 0.326 e. The molecule has 1 N–H and O–H groups in total. The van der Waals surface area contributed by atoms with Crippen LogP contribution in [0.5, 0.6) is 0 Å². The van der Waals surface area contributed by atoms with Crippen LogP contribution in [0.2, 0.25) is 5.02 Å². The van der Waals surface area contributed by atoms with Gasteiger partial charge in [0.15, 0.2) is 0 Å². The molecule has 3 aromatic rings. The van der Waals surface area contributed by atoms with Gasteiger partial charge >= 0.3 is 0 Å². The first-order chi connectivity index (χ1) is 15.9. The Balaban J connectivity index is 1.48. The maximum atomic E-state index is 13.1. The Labute approximate surface area is 214 Å². The number of halogens is 3. The topological polar surface area (TPSA) is 61.8 Å². The smallest absolute Gasteiger partial charge is 0.243 e. The molecule has 8 heteroatoms. The van der Waals surface area contributed by atoms with E-state index in [0.29, 0.717) is 17.1 Å². The molecule has 1 heterocycles. The first-order valence-corrected chi connectivity index (χ1v) is 12.3. The lowest BCUT2D eigenvalue weighted by molar-refractivity contribution is -0.134. The van der Waals surface area contributed by atoms with E-state index in [0.717, 1.165) is 25.8 Å². The van der Waals surface area contributed by atoms with Gasteiger partial charge in [-0.1, -0.05) is 67.7 Å². The van der Waals surface area contributed by atoms with Crippen LogP contribution >= 0.6 is 43.5 Å². The number of hydrazone groups is 1. The minimum absolute atomic E-state index is 0.0591. The van der Waals surface area contributed by atoms with Crippen LogP contribution < -0.4 is 5.32 Å². The zero-order valence-corrected chi connectivity index (χ0v) is 21.4. The third-order valence-corrected chi connectivity index (χ3v) is 6.60. The summed E-state index contributed by atoms with van der Waals surface area (Å²) in [6.07, 6.45) is 0.726. The SMILES string of the molecule is O=C(CCC(=O)N1N=C(c2ccc(Br)cc2)C[C@H]1c1ccc(Br)cc1)Nc1ccc(Cl)cc1. The monoisotopic (exact) mass is 587 g/mol. The molecule has 0 fully saturated rings. The number of rotatable bonds is 6. The molecule has 0 radical (unpaired) electrons. The van der Waals surface area contributed by atoms with Gasteiger partial charge in [-0.15, -0.1) is 0 Å². The van der Waals surface area contributed by atoms with Crippen LogP contribution in [0.4, 0.5) is 5.69 Å². The molecular formula is C25H20Br2ClN3O2. The van der Waals surface area contributed by atoms with Gasteiger partial charge in [-0.3, -0.25) is 9.59 Å². The molecule has 1 atom stereocenters. The van der Waals surface area contributed by atoms with Gasteiger partial charge in [-0.25, -0.2) is 5.01 Å². The van der Waals surface area contributed by atoms with E-state index >= 15 is 0 Å². The number of nitrogens with one attached hydrogen (secondary N) is 1. The lowest BCUT2D eigenvalue weighted by Crippen LogP contribution is -2.28. The highest BCUT2D eigenvalue weighted by Gasteiger charge is 2.33. The van der Waals surface area contributed by atoms with E-state index in [2.05, 4.69) is 42.3 Å². The average molecular weight is 590 g/mol. The van der Waals surface area contributed by atoms with Crippen LogP contribution in [0, 0.1) is 0 Å². The summed E-state index contributed by atoms with van der Waals surface area (Å²) in [6, 6.07) is 22.4. The molecule has 2 amide bonds. The van der Waals surface area contributed by atoms with E-state index in [1.807, 2.05) is 48.5 Å². The fourth-order valence-corrected chi connectivity index (χ4v) is 4.25. The molecular weight excluding hydrogens is 570 g/mol. The molecule has 3 aromatic carbocycles. The number of hydrogen-bond donors (Lipinski definition) is 1. The molecule has 33 heavy (non-hydrogen) atoms. The van der Waals surface area contributed by atoms with Gasteiger partial charge in [0.2, 0.25) is 11.8 Å². The van der Waals surface area contributed by atoms with E-state index in [1.165, 1.54) is 5.01 Å². The third-order valence-electron chi connectivity index (χ3n) is 5.29. The quantitative estimate of drug-likeness (QED) is 0.338. The van der Waals surface area contributed by atoms with Gasteiger partial charge < -0.3 is 5.32 Å². The van der Waals surface area contributed by atoms with Crippen molar-refractivity contribution in [2.45, 2.75) is 25.3 Å². The predicted octanol–water partition coefficient (Wildman–Crippen LogP) is 6.96. The van der Waals surface area contributed by atoms with Crippen molar-refractivity contribution in [3.63, 3.8) is 0 Å². The highest BCUT2D eigenvalue weighted by Crippen LogP contribution is 2.34. The molecule has 0 unspecified atom stereocenters. The van der Waals surface area contributed by atoms with Crippen LogP contribution in [-0.4, -0.2) is 22.5 Å². The minimum Gasteiger partial charge on any atom is -0.326 e. The molecule has 168 valence electrons. The number of nitrogens with zero attached hydrogens (tertiary/aromatic N) is 2. The summed E-state index contributed by atoms with van der Waals surface area (Å²) in [5.74, 6) is -0.427. The number of amides is 2. The molecule has 5 nitrogen and oxygen atoms in total. The Hall–Kier alpha value is -2.48. The number of carbonyl (C=O) groups is 2. The van der Waals surface area contributed by atoms with E-state index in [9.17, 15) is 9.59 Å². The number of anilines is 1. The van der Waals surface area contributed by atoms with Crippen LogP contribution in [0.15, 0.2) is 86.8 Å². The Kier molecular flexibility index (Phi) is 7.63. The highest BCUT2D eigenvalue weighted by molar-refractivity contribution is 9.10. The fourth-order valence-electron chi connectivity index (χ4n) is 3.59. The van der Waals surface area contributed by atoms with Crippen molar-refractivity contribution in [3.8, 4) is 0 Å². The van der Waals surface area contributed by atoms with Crippen LogP contribution in [-0.2, 0) is 9.59 Å². The summed E-state index contributed by atoms with van der Waals surface area (Å²) in [5, 5.41) is 9.57. The van der Waals surface area contributed by atoms with Gasteiger partial charge in [0.05, 0.1) is 11.8 Å². The van der Waals surface area contributed by atoms with Gasteiger partial charge in [0.25, 0.3) is 0 Å². The Morgan fingerprint density at radius 2 is 1.52 bits per heavy atom. The molecule has 4 rings (SSSR count). The summed E-state index contributed by atoms with van der Waals surface area (Å²) in [4.78, 5) is 25.5.